The van der Waals surface area contributed by atoms with Gasteiger partial charge in [0.25, 0.3) is 0 Å². The molecule has 0 saturated heterocycles. The Morgan fingerprint density at radius 3 is 2.30 bits per heavy atom. The smallest absolute Gasteiger partial charge is 0.0233 e. The maximum Gasteiger partial charge on any atom is 0.0233 e. The van der Waals surface area contributed by atoms with E-state index in [0.717, 1.165) is 19.1 Å². The van der Waals surface area contributed by atoms with Gasteiger partial charge in [0.1, 0.15) is 0 Å². The van der Waals surface area contributed by atoms with Crippen molar-refractivity contribution in [3.8, 4) is 0 Å². The average Bonchev–Trinajstić information content (AvgIpc) is 3.20. The highest BCUT2D eigenvalue weighted by Gasteiger charge is 2.25. The van der Waals surface area contributed by atoms with E-state index < -0.39 is 0 Å². The highest BCUT2D eigenvalue weighted by atomic mass is 15.1. The maximum atomic E-state index is 3.58. The molecule has 0 radical (unpaired) electrons. The van der Waals surface area contributed by atoms with E-state index in [-0.39, 0.29) is 5.54 Å². The summed E-state index contributed by atoms with van der Waals surface area (Å²) < 4.78 is 0. The van der Waals surface area contributed by atoms with Crippen LogP contribution < -0.4 is 5.32 Å². The van der Waals surface area contributed by atoms with Gasteiger partial charge in [-0.25, -0.2) is 0 Å². The number of nitrogens with zero attached hydrogens (tertiary/aromatic N) is 1. The van der Waals surface area contributed by atoms with E-state index in [9.17, 15) is 0 Å². The summed E-state index contributed by atoms with van der Waals surface area (Å²) in [6.07, 6.45) is 2.76. The summed E-state index contributed by atoms with van der Waals surface area (Å²) in [6.45, 7) is 11.1. The lowest BCUT2D eigenvalue weighted by molar-refractivity contribution is 0.316. The largest absolute Gasteiger partial charge is 0.311 e. The Bertz CT molecular complexity index is 412. The van der Waals surface area contributed by atoms with Crippen LogP contribution in [0.3, 0.4) is 0 Å². The second-order valence-corrected chi connectivity index (χ2v) is 7.42. The summed E-state index contributed by atoms with van der Waals surface area (Å²) >= 11 is 0. The van der Waals surface area contributed by atoms with Crippen LogP contribution in [0.25, 0.3) is 0 Å². The van der Waals surface area contributed by atoms with E-state index in [1.807, 2.05) is 0 Å². The Kier molecular flexibility index (Phi) is 4.87. The molecule has 0 heterocycles. The first-order valence-corrected chi connectivity index (χ1v) is 7.89. The van der Waals surface area contributed by atoms with Gasteiger partial charge >= 0.3 is 0 Å². The molecule has 0 bridgehead atoms. The van der Waals surface area contributed by atoms with Gasteiger partial charge in [-0.2, -0.15) is 0 Å². The van der Waals surface area contributed by atoms with Crippen molar-refractivity contribution >= 4 is 0 Å². The van der Waals surface area contributed by atoms with Crippen LogP contribution in [-0.4, -0.2) is 30.1 Å². The van der Waals surface area contributed by atoms with Crippen LogP contribution in [-0.2, 0) is 6.54 Å². The predicted molar refractivity (Wildman–Crippen MR) is 87.1 cm³/mol. The minimum atomic E-state index is 0.196. The van der Waals surface area contributed by atoms with Crippen LogP contribution in [0.15, 0.2) is 24.3 Å². The fourth-order valence-corrected chi connectivity index (χ4v) is 2.46. The highest BCUT2D eigenvalue weighted by Crippen LogP contribution is 2.27. The first-order valence-electron chi connectivity index (χ1n) is 7.89. The lowest BCUT2D eigenvalue weighted by Gasteiger charge is -2.24. The molecule has 2 heteroatoms. The third kappa shape index (κ3) is 4.92. The van der Waals surface area contributed by atoms with E-state index in [2.05, 4.69) is 69.2 Å². The summed E-state index contributed by atoms with van der Waals surface area (Å²) in [4.78, 5) is 2.47. The molecule has 0 aromatic heterocycles. The van der Waals surface area contributed by atoms with Gasteiger partial charge in [-0.3, -0.25) is 4.90 Å². The van der Waals surface area contributed by atoms with Crippen LogP contribution in [0, 0.1) is 0 Å². The SMILES string of the molecule is CC(CNC(C)(C)C)c1ccc(CN(C)C2CC2)cc1. The molecule has 20 heavy (non-hydrogen) atoms. The predicted octanol–water partition coefficient (Wildman–Crippen LogP) is 3.77. The van der Waals surface area contributed by atoms with E-state index in [1.54, 1.807) is 0 Å². The molecule has 1 N–H and O–H groups in total. The van der Waals surface area contributed by atoms with Gasteiger partial charge in [-0.05, 0) is 57.7 Å². The molecule has 1 atom stereocenters. The molecule has 0 aliphatic heterocycles. The molecule has 1 aliphatic carbocycles. The number of rotatable bonds is 6. The molecule has 2 rings (SSSR count). The van der Waals surface area contributed by atoms with Crippen molar-refractivity contribution in [2.75, 3.05) is 13.6 Å². The number of hydrogen-bond donors (Lipinski definition) is 1. The van der Waals surface area contributed by atoms with Crippen molar-refractivity contribution < 1.29 is 0 Å². The van der Waals surface area contributed by atoms with Gasteiger partial charge in [0.2, 0.25) is 0 Å². The lowest BCUT2D eigenvalue weighted by Crippen LogP contribution is -2.38. The molecule has 0 spiro atoms. The molecular weight excluding hydrogens is 244 g/mol. The molecular formula is C18H30N2. The second kappa shape index (κ2) is 6.28. The van der Waals surface area contributed by atoms with Crippen molar-refractivity contribution in [3.05, 3.63) is 35.4 Å². The van der Waals surface area contributed by atoms with E-state index >= 15 is 0 Å². The van der Waals surface area contributed by atoms with Crippen LogP contribution in [0.5, 0.6) is 0 Å². The number of hydrogen-bond acceptors (Lipinski definition) is 2. The van der Waals surface area contributed by atoms with Crippen LogP contribution >= 0.6 is 0 Å². The Labute approximate surface area is 124 Å². The number of benzene rings is 1. The fraction of sp³-hybridized carbons (Fsp3) is 0.667. The number of nitrogens with one attached hydrogen (secondary N) is 1. The third-order valence-corrected chi connectivity index (χ3v) is 4.09. The van der Waals surface area contributed by atoms with Crippen LogP contribution in [0.1, 0.15) is 57.6 Å². The summed E-state index contributed by atoms with van der Waals surface area (Å²) in [7, 11) is 2.24. The first-order chi connectivity index (χ1) is 9.35. The topological polar surface area (TPSA) is 15.3 Å². The van der Waals surface area contributed by atoms with Gasteiger partial charge in [0.15, 0.2) is 0 Å². The normalized spacial score (nSPS) is 17.5. The van der Waals surface area contributed by atoms with E-state index in [0.29, 0.717) is 5.92 Å². The third-order valence-electron chi connectivity index (χ3n) is 4.09. The van der Waals surface area contributed by atoms with Crippen molar-refractivity contribution in [1.82, 2.24) is 10.2 Å². The van der Waals surface area contributed by atoms with Crippen LogP contribution in [0.2, 0.25) is 0 Å². The summed E-state index contributed by atoms with van der Waals surface area (Å²) in [5.74, 6) is 0.560. The molecule has 1 unspecified atom stereocenters. The molecule has 1 aromatic rings. The zero-order chi connectivity index (χ0) is 14.8. The Balaban J connectivity index is 1.86. The zero-order valence-electron chi connectivity index (χ0n) is 13.7. The van der Waals surface area contributed by atoms with Gasteiger partial charge in [-0.15, -0.1) is 0 Å². The summed E-state index contributed by atoms with van der Waals surface area (Å²) in [6, 6.07) is 10.0. The van der Waals surface area contributed by atoms with E-state index in [1.165, 1.54) is 24.0 Å². The van der Waals surface area contributed by atoms with Gasteiger partial charge in [-0.1, -0.05) is 31.2 Å². The highest BCUT2D eigenvalue weighted by molar-refractivity contribution is 5.25. The summed E-state index contributed by atoms with van der Waals surface area (Å²) in [5.41, 5.74) is 3.06. The van der Waals surface area contributed by atoms with Crippen molar-refractivity contribution in [3.63, 3.8) is 0 Å². The standard InChI is InChI=1S/C18H30N2/c1-14(12-19-18(2,3)4)16-8-6-15(7-9-16)13-20(5)17-10-11-17/h6-9,14,17,19H,10-13H2,1-5H3. The molecule has 1 aliphatic rings. The zero-order valence-corrected chi connectivity index (χ0v) is 13.7. The quantitative estimate of drug-likeness (QED) is 0.849. The Morgan fingerprint density at radius 2 is 1.80 bits per heavy atom. The molecule has 1 fully saturated rings. The van der Waals surface area contributed by atoms with Crippen molar-refractivity contribution in [2.24, 2.45) is 0 Å². The minimum absolute atomic E-state index is 0.196. The monoisotopic (exact) mass is 274 g/mol. The van der Waals surface area contributed by atoms with Gasteiger partial charge in [0, 0.05) is 24.7 Å². The second-order valence-electron chi connectivity index (χ2n) is 7.42. The minimum Gasteiger partial charge on any atom is -0.311 e. The summed E-state index contributed by atoms with van der Waals surface area (Å²) in [5, 5.41) is 3.58. The Hall–Kier alpha value is -0.860. The van der Waals surface area contributed by atoms with Crippen molar-refractivity contribution in [1.29, 1.82) is 0 Å². The molecule has 0 amide bonds. The molecule has 2 nitrogen and oxygen atoms in total. The first kappa shape index (κ1) is 15.5. The maximum absolute atomic E-state index is 3.58. The molecule has 1 aromatic carbocycles. The lowest BCUT2D eigenvalue weighted by atomic mass is 9.98. The van der Waals surface area contributed by atoms with Gasteiger partial charge in [0.05, 0.1) is 0 Å². The van der Waals surface area contributed by atoms with Crippen molar-refractivity contribution in [2.45, 2.75) is 64.6 Å². The van der Waals surface area contributed by atoms with Crippen LogP contribution in [0.4, 0.5) is 0 Å². The Morgan fingerprint density at radius 1 is 1.20 bits per heavy atom. The van der Waals surface area contributed by atoms with Gasteiger partial charge < -0.3 is 5.32 Å². The average molecular weight is 274 g/mol. The van der Waals surface area contributed by atoms with E-state index in [4.69, 9.17) is 0 Å². The fourth-order valence-electron chi connectivity index (χ4n) is 2.46. The molecule has 1 saturated carbocycles. The molecule has 112 valence electrons.